The normalized spacial score (nSPS) is 17.6. The highest BCUT2D eigenvalue weighted by Gasteiger charge is 2.34. The molecule has 0 amide bonds. The van der Waals surface area contributed by atoms with Crippen LogP contribution in [0.15, 0.2) is 18.2 Å². The summed E-state index contributed by atoms with van der Waals surface area (Å²) in [6, 6.07) is 5.00. The molecule has 0 aliphatic heterocycles. The quantitative estimate of drug-likeness (QED) is 0.616. The highest BCUT2D eigenvalue weighted by atomic mass is 19.3. The van der Waals surface area contributed by atoms with Crippen LogP contribution in [0.5, 0.6) is 0 Å². The lowest BCUT2D eigenvalue weighted by atomic mass is 9.87. The first-order chi connectivity index (χ1) is 10.9. The van der Waals surface area contributed by atoms with Crippen LogP contribution in [0.25, 0.3) is 0 Å². The lowest BCUT2D eigenvalue weighted by Gasteiger charge is -2.28. The maximum absolute atomic E-state index is 13.2. The molecule has 23 heavy (non-hydrogen) atoms. The number of ether oxygens (including phenoxy) is 1. The molecule has 1 aromatic carbocycles. The number of methoxy groups -OCH3 is 1. The zero-order chi connectivity index (χ0) is 16.9. The van der Waals surface area contributed by atoms with Gasteiger partial charge >= 0.3 is 5.97 Å². The second-order valence-electron chi connectivity index (χ2n) is 5.74. The summed E-state index contributed by atoms with van der Waals surface area (Å²) in [5, 5.41) is 3.24. The Balaban J connectivity index is 2.00. The van der Waals surface area contributed by atoms with Gasteiger partial charge in [-0.3, -0.25) is 10.3 Å². The monoisotopic (exact) mass is 328 g/mol. The van der Waals surface area contributed by atoms with Crippen LogP contribution in [-0.4, -0.2) is 32.7 Å². The lowest BCUT2D eigenvalue weighted by molar-refractivity contribution is -0.0443. The van der Waals surface area contributed by atoms with E-state index in [4.69, 9.17) is 4.84 Å². The van der Waals surface area contributed by atoms with E-state index in [0.29, 0.717) is 30.6 Å². The van der Waals surface area contributed by atoms with Crippen molar-refractivity contribution in [2.75, 3.05) is 31.6 Å². The van der Waals surface area contributed by atoms with Gasteiger partial charge in [0.25, 0.3) is 0 Å². The fraction of sp³-hybridized carbons (Fsp3) is 0.562. The van der Waals surface area contributed by atoms with Crippen LogP contribution < -0.4 is 10.8 Å². The van der Waals surface area contributed by atoms with Crippen molar-refractivity contribution in [2.24, 2.45) is 5.92 Å². The molecule has 2 N–H and O–H groups in total. The molecule has 0 spiro atoms. The standard InChI is InChI=1S/C16H22F2N2O3/c1-22-15(21)12-3-4-13(14(9-12)20-23-2)19-10-11-5-7-16(17,18)8-6-11/h3-4,9,11,19-20H,5-8,10H2,1-2H3. The van der Waals surface area contributed by atoms with E-state index in [1.54, 1.807) is 18.2 Å². The third-order valence-electron chi connectivity index (χ3n) is 4.07. The maximum Gasteiger partial charge on any atom is 0.337 e. The summed E-state index contributed by atoms with van der Waals surface area (Å²) in [6.45, 7) is 0.603. The topological polar surface area (TPSA) is 59.6 Å². The molecule has 0 bridgehead atoms. The minimum absolute atomic E-state index is 0.0518. The maximum atomic E-state index is 13.2. The molecule has 1 aromatic rings. The molecule has 0 unspecified atom stereocenters. The average Bonchev–Trinajstić information content (AvgIpc) is 2.54. The summed E-state index contributed by atoms with van der Waals surface area (Å²) >= 11 is 0. The van der Waals surface area contributed by atoms with Gasteiger partial charge < -0.3 is 10.1 Å². The lowest BCUT2D eigenvalue weighted by Crippen LogP contribution is -2.28. The molecule has 1 aliphatic rings. The van der Waals surface area contributed by atoms with Crippen LogP contribution in [0, 0.1) is 5.92 Å². The molecule has 1 saturated carbocycles. The molecular weight excluding hydrogens is 306 g/mol. The number of halogens is 2. The Labute approximate surface area is 134 Å². The number of carbonyl (C=O) groups excluding carboxylic acids is 1. The molecule has 5 nitrogen and oxygen atoms in total. The molecular formula is C16H22F2N2O3. The van der Waals surface area contributed by atoms with Gasteiger partial charge in [0, 0.05) is 19.4 Å². The van der Waals surface area contributed by atoms with Gasteiger partial charge in [-0.15, -0.1) is 0 Å². The SMILES string of the molecule is CONc1cc(C(=O)OC)ccc1NCC1CCC(F)(F)CC1. The van der Waals surface area contributed by atoms with Gasteiger partial charge in [0.05, 0.1) is 31.2 Å². The van der Waals surface area contributed by atoms with E-state index in [9.17, 15) is 13.6 Å². The Kier molecular flexibility index (Phi) is 5.76. The molecule has 7 heteroatoms. The zero-order valence-electron chi connectivity index (χ0n) is 13.3. The van der Waals surface area contributed by atoms with Crippen LogP contribution in [0.1, 0.15) is 36.0 Å². The molecule has 0 saturated heterocycles. The Bertz CT molecular complexity index is 542. The number of esters is 1. The van der Waals surface area contributed by atoms with E-state index in [0.717, 1.165) is 5.69 Å². The molecule has 0 atom stereocenters. The first-order valence-electron chi connectivity index (χ1n) is 7.58. The number of hydrogen-bond donors (Lipinski definition) is 2. The Hall–Kier alpha value is -1.89. The number of alkyl halides is 2. The largest absolute Gasteiger partial charge is 0.465 e. The number of nitrogens with one attached hydrogen (secondary N) is 2. The summed E-state index contributed by atoms with van der Waals surface area (Å²) in [7, 11) is 2.79. The van der Waals surface area contributed by atoms with Gasteiger partial charge in [-0.2, -0.15) is 0 Å². The van der Waals surface area contributed by atoms with Crippen molar-refractivity contribution in [3.8, 4) is 0 Å². The fourth-order valence-corrected chi connectivity index (χ4v) is 2.70. The van der Waals surface area contributed by atoms with Gasteiger partial charge in [0.15, 0.2) is 0 Å². The summed E-state index contributed by atoms with van der Waals surface area (Å²) < 4.78 is 31.0. The summed E-state index contributed by atoms with van der Waals surface area (Å²) in [5.74, 6) is -2.74. The van der Waals surface area contributed by atoms with Crippen molar-refractivity contribution in [1.82, 2.24) is 0 Å². The van der Waals surface area contributed by atoms with E-state index in [2.05, 4.69) is 15.5 Å². The van der Waals surface area contributed by atoms with Gasteiger partial charge in [0.1, 0.15) is 0 Å². The van der Waals surface area contributed by atoms with Crippen LogP contribution in [-0.2, 0) is 9.57 Å². The summed E-state index contributed by atoms with van der Waals surface area (Å²) in [5.41, 5.74) is 4.45. The first-order valence-corrected chi connectivity index (χ1v) is 7.58. The number of rotatable bonds is 6. The third-order valence-corrected chi connectivity index (χ3v) is 4.07. The van der Waals surface area contributed by atoms with Gasteiger partial charge in [-0.05, 0) is 37.0 Å². The van der Waals surface area contributed by atoms with Crippen molar-refractivity contribution < 1.29 is 23.1 Å². The van der Waals surface area contributed by atoms with Crippen molar-refractivity contribution in [3.63, 3.8) is 0 Å². The average molecular weight is 328 g/mol. The molecule has 1 aliphatic carbocycles. The smallest absolute Gasteiger partial charge is 0.337 e. The molecule has 128 valence electrons. The summed E-state index contributed by atoms with van der Waals surface area (Å²) in [6.07, 6.45) is 0.911. The minimum Gasteiger partial charge on any atom is -0.465 e. The predicted molar refractivity (Wildman–Crippen MR) is 83.8 cm³/mol. The Morgan fingerprint density at radius 1 is 1.26 bits per heavy atom. The number of hydrogen-bond acceptors (Lipinski definition) is 5. The van der Waals surface area contributed by atoms with Crippen molar-refractivity contribution in [2.45, 2.75) is 31.6 Å². The van der Waals surface area contributed by atoms with Crippen LogP contribution >= 0.6 is 0 Å². The van der Waals surface area contributed by atoms with Crippen molar-refractivity contribution >= 4 is 17.3 Å². The van der Waals surface area contributed by atoms with Gasteiger partial charge in [-0.25, -0.2) is 13.6 Å². The molecule has 2 rings (SSSR count). The second-order valence-corrected chi connectivity index (χ2v) is 5.74. The molecule has 0 radical (unpaired) electrons. The number of carbonyl (C=O) groups is 1. The van der Waals surface area contributed by atoms with Crippen molar-refractivity contribution in [3.05, 3.63) is 23.8 Å². The molecule has 1 fully saturated rings. The minimum atomic E-state index is -2.51. The highest BCUT2D eigenvalue weighted by Crippen LogP contribution is 2.36. The van der Waals surface area contributed by atoms with Crippen molar-refractivity contribution in [1.29, 1.82) is 0 Å². The van der Waals surface area contributed by atoms with E-state index in [1.165, 1.54) is 14.2 Å². The number of benzene rings is 1. The van der Waals surface area contributed by atoms with Crippen LogP contribution in [0.3, 0.4) is 0 Å². The van der Waals surface area contributed by atoms with Crippen LogP contribution in [0.2, 0.25) is 0 Å². The molecule has 0 heterocycles. The van der Waals surface area contributed by atoms with E-state index in [1.807, 2.05) is 0 Å². The zero-order valence-corrected chi connectivity index (χ0v) is 13.3. The molecule has 0 aromatic heterocycles. The van der Waals surface area contributed by atoms with E-state index in [-0.39, 0.29) is 18.8 Å². The fourth-order valence-electron chi connectivity index (χ4n) is 2.70. The number of anilines is 2. The second kappa shape index (κ2) is 7.59. The Morgan fingerprint density at radius 3 is 2.57 bits per heavy atom. The van der Waals surface area contributed by atoms with E-state index >= 15 is 0 Å². The first kappa shape index (κ1) is 17.5. The van der Waals surface area contributed by atoms with E-state index < -0.39 is 11.9 Å². The third kappa shape index (κ3) is 4.79. The van der Waals surface area contributed by atoms with Gasteiger partial charge in [0.2, 0.25) is 5.92 Å². The van der Waals surface area contributed by atoms with Crippen LogP contribution in [0.4, 0.5) is 20.2 Å². The van der Waals surface area contributed by atoms with Gasteiger partial charge in [-0.1, -0.05) is 0 Å². The Morgan fingerprint density at radius 2 is 1.96 bits per heavy atom. The highest BCUT2D eigenvalue weighted by molar-refractivity contribution is 5.92. The summed E-state index contributed by atoms with van der Waals surface area (Å²) in [4.78, 5) is 16.5. The predicted octanol–water partition coefficient (Wildman–Crippen LogP) is 3.68.